The molecule has 8 heteroatoms. The first-order valence-corrected chi connectivity index (χ1v) is 8.31. The summed E-state index contributed by atoms with van der Waals surface area (Å²) in [5.74, 6) is 0.316. The largest absolute Gasteiger partial charge is 0.324 e. The van der Waals surface area contributed by atoms with E-state index in [1.807, 2.05) is 35.2 Å². The standard InChI is InChI=1S/C17H19N7O/c25-17(23-10-1-2-13(12-23)16-7-8-18-21-16)20-14-3-5-15(6-4-14)24-11-9-19-22-24/h3-9,11,13H,1-2,10,12H2,(H,18,21)(H,20,25). The second-order valence-corrected chi connectivity index (χ2v) is 6.12. The van der Waals surface area contributed by atoms with Crippen LogP contribution in [-0.2, 0) is 0 Å². The van der Waals surface area contributed by atoms with E-state index < -0.39 is 0 Å². The maximum absolute atomic E-state index is 12.6. The lowest BCUT2D eigenvalue weighted by atomic mass is 9.95. The summed E-state index contributed by atoms with van der Waals surface area (Å²) in [5.41, 5.74) is 2.75. The number of amides is 2. The zero-order valence-electron chi connectivity index (χ0n) is 13.7. The Labute approximate surface area is 144 Å². The lowest BCUT2D eigenvalue weighted by molar-refractivity contribution is 0.192. The summed E-state index contributed by atoms with van der Waals surface area (Å²) < 4.78 is 1.67. The van der Waals surface area contributed by atoms with Crippen LogP contribution < -0.4 is 5.32 Å². The number of carbonyl (C=O) groups is 1. The number of H-pyrrole nitrogens is 1. The fourth-order valence-corrected chi connectivity index (χ4v) is 3.16. The van der Waals surface area contributed by atoms with E-state index in [0.29, 0.717) is 12.5 Å². The van der Waals surface area contributed by atoms with Crippen molar-refractivity contribution in [2.24, 2.45) is 0 Å². The molecule has 1 saturated heterocycles. The van der Waals surface area contributed by atoms with E-state index in [1.165, 1.54) is 0 Å². The van der Waals surface area contributed by atoms with Gasteiger partial charge in [0.2, 0.25) is 0 Å². The van der Waals surface area contributed by atoms with Crippen LogP contribution in [-0.4, -0.2) is 49.2 Å². The number of aromatic nitrogens is 5. The van der Waals surface area contributed by atoms with Crippen LogP contribution in [0.4, 0.5) is 10.5 Å². The fraction of sp³-hybridized carbons (Fsp3) is 0.294. The predicted octanol–water partition coefficient (Wildman–Crippen LogP) is 2.40. The number of carbonyl (C=O) groups excluding carboxylic acids is 1. The maximum atomic E-state index is 12.6. The highest BCUT2D eigenvalue weighted by Gasteiger charge is 2.25. The van der Waals surface area contributed by atoms with Crippen LogP contribution in [0.25, 0.3) is 5.69 Å². The molecule has 3 aromatic rings. The number of urea groups is 1. The van der Waals surface area contributed by atoms with Crippen molar-refractivity contribution in [1.82, 2.24) is 30.1 Å². The Morgan fingerprint density at radius 2 is 2.08 bits per heavy atom. The van der Waals surface area contributed by atoms with Crippen LogP contribution >= 0.6 is 0 Å². The van der Waals surface area contributed by atoms with Crippen molar-refractivity contribution in [3.8, 4) is 5.69 Å². The van der Waals surface area contributed by atoms with E-state index in [1.54, 1.807) is 23.3 Å². The molecule has 0 spiro atoms. The molecule has 1 atom stereocenters. The quantitative estimate of drug-likeness (QED) is 0.768. The molecule has 25 heavy (non-hydrogen) atoms. The van der Waals surface area contributed by atoms with Crippen molar-refractivity contribution in [1.29, 1.82) is 0 Å². The van der Waals surface area contributed by atoms with Crippen molar-refractivity contribution in [2.45, 2.75) is 18.8 Å². The topological polar surface area (TPSA) is 91.7 Å². The number of piperidine rings is 1. The van der Waals surface area contributed by atoms with Gasteiger partial charge in [-0.15, -0.1) is 5.10 Å². The summed E-state index contributed by atoms with van der Waals surface area (Å²) in [6.45, 7) is 1.47. The van der Waals surface area contributed by atoms with Crippen molar-refractivity contribution in [3.05, 3.63) is 54.6 Å². The van der Waals surface area contributed by atoms with Gasteiger partial charge in [-0.3, -0.25) is 5.10 Å². The van der Waals surface area contributed by atoms with E-state index >= 15 is 0 Å². The van der Waals surface area contributed by atoms with E-state index in [-0.39, 0.29) is 6.03 Å². The third-order valence-electron chi connectivity index (χ3n) is 4.48. The van der Waals surface area contributed by atoms with E-state index in [2.05, 4.69) is 25.8 Å². The number of anilines is 1. The molecule has 0 aliphatic carbocycles. The summed E-state index contributed by atoms with van der Waals surface area (Å²) in [5, 5.41) is 17.7. The van der Waals surface area contributed by atoms with Gasteiger partial charge in [0.15, 0.2) is 0 Å². The summed E-state index contributed by atoms with van der Waals surface area (Å²) in [4.78, 5) is 14.4. The first-order valence-electron chi connectivity index (χ1n) is 8.31. The summed E-state index contributed by atoms with van der Waals surface area (Å²) in [7, 11) is 0. The average molecular weight is 337 g/mol. The molecule has 4 rings (SSSR count). The van der Waals surface area contributed by atoms with Crippen LogP contribution in [0.1, 0.15) is 24.5 Å². The first kappa shape index (κ1) is 15.4. The van der Waals surface area contributed by atoms with Gasteiger partial charge in [0.05, 0.1) is 18.1 Å². The second kappa shape index (κ2) is 6.76. The summed E-state index contributed by atoms with van der Waals surface area (Å²) in [6, 6.07) is 9.44. The van der Waals surface area contributed by atoms with Gasteiger partial charge in [-0.2, -0.15) is 5.10 Å². The molecule has 2 aromatic heterocycles. The zero-order valence-corrected chi connectivity index (χ0v) is 13.7. The molecule has 2 amide bonds. The Morgan fingerprint density at radius 3 is 2.80 bits per heavy atom. The van der Waals surface area contributed by atoms with Crippen molar-refractivity contribution >= 4 is 11.7 Å². The van der Waals surface area contributed by atoms with Gasteiger partial charge in [0, 0.05) is 36.6 Å². The van der Waals surface area contributed by atoms with E-state index in [0.717, 1.165) is 36.5 Å². The van der Waals surface area contributed by atoms with Crippen LogP contribution in [0.3, 0.4) is 0 Å². The Morgan fingerprint density at radius 1 is 1.20 bits per heavy atom. The Bertz CT molecular complexity index is 811. The molecule has 128 valence electrons. The predicted molar refractivity (Wildman–Crippen MR) is 92.5 cm³/mol. The Hall–Kier alpha value is -3.16. The molecule has 0 radical (unpaired) electrons. The van der Waals surface area contributed by atoms with Gasteiger partial charge in [-0.05, 0) is 43.2 Å². The third kappa shape index (κ3) is 3.37. The van der Waals surface area contributed by atoms with Crippen LogP contribution in [0.2, 0.25) is 0 Å². The highest BCUT2D eigenvalue weighted by molar-refractivity contribution is 5.89. The monoisotopic (exact) mass is 337 g/mol. The average Bonchev–Trinajstić information content (AvgIpc) is 3.36. The lowest BCUT2D eigenvalue weighted by Gasteiger charge is -2.32. The third-order valence-corrected chi connectivity index (χ3v) is 4.48. The zero-order chi connectivity index (χ0) is 17.1. The molecule has 1 aliphatic heterocycles. The lowest BCUT2D eigenvalue weighted by Crippen LogP contribution is -2.41. The maximum Gasteiger partial charge on any atom is 0.321 e. The van der Waals surface area contributed by atoms with Crippen LogP contribution in [0.5, 0.6) is 0 Å². The number of nitrogens with one attached hydrogen (secondary N) is 2. The van der Waals surface area contributed by atoms with Gasteiger partial charge in [0.1, 0.15) is 0 Å². The van der Waals surface area contributed by atoms with Crippen LogP contribution in [0.15, 0.2) is 48.9 Å². The van der Waals surface area contributed by atoms with E-state index in [9.17, 15) is 4.79 Å². The fourth-order valence-electron chi connectivity index (χ4n) is 3.16. The smallest absolute Gasteiger partial charge is 0.321 e. The Balaban J connectivity index is 1.39. The molecule has 2 N–H and O–H groups in total. The molecule has 3 heterocycles. The number of benzene rings is 1. The van der Waals surface area contributed by atoms with Crippen molar-refractivity contribution in [2.75, 3.05) is 18.4 Å². The number of rotatable bonds is 3. The molecular formula is C17H19N7O. The summed E-state index contributed by atoms with van der Waals surface area (Å²) in [6.07, 6.45) is 7.21. The number of likely N-dealkylation sites (tertiary alicyclic amines) is 1. The SMILES string of the molecule is O=C(Nc1ccc(-n2ccnn2)cc1)N1CCCC(c2ccn[nH]2)C1. The number of nitrogens with zero attached hydrogens (tertiary/aromatic N) is 5. The highest BCUT2D eigenvalue weighted by atomic mass is 16.2. The van der Waals surface area contributed by atoms with Crippen LogP contribution in [0, 0.1) is 0 Å². The van der Waals surface area contributed by atoms with Gasteiger partial charge < -0.3 is 10.2 Å². The highest BCUT2D eigenvalue weighted by Crippen LogP contribution is 2.25. The molecule has 1 fully saturated rings. The summed E-state index contributed by atoms with van der Waals surface area (Å²) >= 11 is 0. The molecular weight excluding hydrogens is 318 g/mol. The minimum Gasteiger partial charge on any atom is -0.324 e. The van der Waals surface area contributed by atoms with Crippen molar-refractivity contribution < 1.29 is 4.79 Å². The number of aromatic amines is 1. The van der Waals surface area contributed by atoms with Gasteiger partial charge in [-0.25, -0.2) is 9.48 Å². The molecule has 1 unspecified atom stereocenters. The van der Waals surface area contributed by atoms with Gasteiger partial charge in [-0.1, -0.05) is 5.21 Å². The molecule has 1 aromatic carbocycles. The second-order valence-electron chi connectivity index (χ2n) is 6.12. The minimum atomic E-state index is -0.0716. The minimum absolute atomic E-state index is 0.0716. The molecule has 8 nitrogen and oxygen atoms in total. The van der Waals surface area contributed by atoms with E-state index in [4.69, 9.17) is 0 Å². The molecule has 0 bridgehead atoms. The normalized spacial score (nSPS) is 17.4. The number of hydrogen-bond acceptors (Lipinski definition) is 4. The molecule has 1 aliphatic rings. The first-order chi connectivity index (χ1) is 12.3. The number of hydrogen-bond donors (Lipinski definition) is 2. The Kier molecular flexibility index (Phi) is 4.16. The van der Waals surface area contributed by atoms with Gasteiger partial charge >= 0.3 is 6.03 Å². The van der Waals surface area contributed by atoms with Gasteiger partial charge in [0.25, 0.3) is 0 Å². The van der Waals surface area contributed by atoms with Crippen molar-refractivity contribution in [3.63, 3.8) is 0 Å². The molecule has 0 saturated carbocycles.